The molecule has 0 saturated carbocycles. The van der Waals surface area contributed by atoms with Gasteiger partial charge in [0.25, 0.3) is 0 Å². The van der Waals surface area contributed by atoms with Gasteiger partial charge in [0.15, 0.2) is 0 Å². The van der Waals surface area contributed by atoms with Gasteiger partial charge in [-0.1, -0.05) is 17.7 Å². The van der Waals surface area contributed by atoms with Crippen molar-refractivity contribution in [1.82, 2.24) is 14.5 Å². The second-order valence-corrected chi connectivity index (χ2v) is 9.33. The number of benzene rings is 2. The van der Waals surface area contributed by atoms with Gasteiger partial charge in [-0.05, 0) is 61.7 Å². The van der Waals surface area contributed by atoms with E-state index < -0.39 is 10.0 Å². The molecule has 0 amide bonds. The number of sulfonamides is 1. The van der Waals surface area contributed by atoms with Crippen LogP contribution in [0, 0.1) is 12.7 Å². The second-order valence-electron chi connectivity index (χ2n) is 7.02. The van der Waals surface area contributed by atoms with E-state index in [-0.39, 0.29) is 29.1 Å². The molecule has 1 aliphatic rings. The lowest BCUT2D eigenvalue weighted by Crippen LogP contribution is -2.39. The molecule has 3 aromatic rings. The first-order chi connectivity index (χ1) is 13.9. The number of aromatic nitrogens is 2. The second kappa shape index (κ2) is 7.85. The average molecular weight is 436 g/mol. The minimum Gasteiger partial charge on any atom is -0.420 e. The topological polar surface area (TPSA) is 76.3 Å². The highest BCUT2D eigenvalue weighted by atomic mass is 35.5. The van der Waals surface area contributed by atoms with E-state index in [2.05, 4.69) is 10.2 Å². The van der Waals surface area contributed by atoms with Crippen LogP contribution >= 0.6 is 11.6 Å². The van der Waals surface area contributed by atoms with Gasteiger partial charge in [-0.15, -0.1) is 10.2 Å². The van der Waals surface area contributed by atoms with Gasteiger partial charge in [0.2, 0.25) is 21.8 Å². The standard InChI is InChI=1S/C20H19ClFN3O3S/c1-13-17(21)5-2-6-18(13)29(26,27)25-11-3-4-15(12-25)20-24-23-19(28-20)14-7-9-16(22)10-8-14/h2,5-10,15H,3-4,11-12H2,1H3. The fourth-order valence-corrected chi connectivity index (χ4v) is 5.48. The van der Waals surface area contributed by atoms with Gasteiger partial charge in [-0.3, -0.25) is 0 Å². The van der Waals surface area contributed by atoms with Crippen molar-refractivity contribution in [1.29, 1.82) is 0 Å². The quantitative estimate of drug-likeness (QED) is 0.606. The third-order valence-electron chi connectivity index (χ3n) is 5.10. The number of piperidine rings is 1. The maximum Gasteiger partial charge on any atom is 0.247 e. The van der Waals surface area contributed by atoms with E-state index in [1.165, 1.54) is 16.4 Å². The molecule has 1 atom stereocenters. The van der Waals surface area contributed by atoms with Crippen molar-refractivity contribution >= 4 is 21.6 Å². The molecule has 152 valence electrons. The SMILES string of the molecule is Cc1c(Cl)cccc1S(=O)(=O)N1CCCC(c2nnc(-c3ccc(F)cc3)o2)C1. The Hall–Kier alpha value is -2.29. The first-order valence-electron chi connectivity index (χ1n) is 9.21. The zero-order valence-electron chi connectivity index (χ0n) is 15.7. The molecule has 0 aliphatic carbocycles. The Bertz CT molecular complexity index is 1130. The molecule has 1 saturated heterocycles. The number of nitrogens with zero attached hydrogens (tertiary/aromatic N) is 3. The zero-order chi connectivity index (χ0) is 20.6. The molecule has 1 aromatic heterocycles. The molecule has 4 rings (SSSR count). The highest BCUT2D eigenvalue weighted by molar-refractivity contribution is 7.89. The Morgan fingerprint density at radius 3 is 2.69 bits per heavy atom. The molecule has 29 heavy (non-hydrogen) atoms. The Morgan fingerprint density at radius 2 is 1.93 bits per heavy atom. The molecule has 0 bridgehead atoms. The van der Waals surface area contributed by atoms with Gasteiger partial charge in [-0.2, -0.15) is 4.31 Å². The van der Waals surface area contributed by atoms with Crippen molar-refractivity contribution < 1.29 is 17.2 Å². The van der Waals surface area contributed by atoms with Crippen molar-refractivity contribution in [2.75, 3.05) is 13.1 Å². The van der Waals surface area contributed by atoms with Crippen LogP contribution in [-0.2, 0) is 10.0 Å². The Balaban J connectivity index is 1.57. The van der Waals surface area contributed by atoms with Crippen LogP contribution in [0.15, 0.2) is 51.8 Å². The van der Waals surface area contributed by atoms with Crippen LogP contribution < -0.4 is 0 Å². The van der Waals surface area contributed by atoms with Crippen LogP contribution in [0.1, 0.15) is 30.2 Å². The summed E-state index contributed by atoms with van der Waals surface area (Å²) in [5.41, 5.74) is 1.15. The molecule has 2 aromatic carbocycles. The molecular weight excluding hydrogens is 417 g/mol. The lowest BCUT2D eigenvalue weighted by molar-refractivity contribution is 0.286. The summed E-state index contributed by atoms with van der Waals surface area (Å²) in [6.07, 6.45) is 1.42. The molecule has 2 heterocycles. The van der Waals surface area contributed by atoms with Crippen LogP contribution in [-0.4, -0.2) is 36.0 Å². The van der Waals surface area contributed by atoms with Crippen molar-refractivity contribution in [3.63, 3.8) is 0 Å². The van der Waals surface area contributed by atoms with E-state index in [0.717, 1.165) is 6.42 Å². The summed E-state index contributed by atoms with van der Waals surface area (Å²) < 4.78 is 46.6. The van der Waals surface area contributed by atoms with E-state index in [0.29, 0.717) is 35.0 Å². The third kappa shape index (κ3) is 3.92. The largest absolute Gasteiger partial charge is 0.420 e. The molecule has 6 nitrogen and oxygen atoms in total. The van der Waals surface area contributed by atoms with Gasteiger partial charge in [0.1, 0.15) is 5.82 Å². The van der Waals surface area contributed by atoms with Gasteiger partial charge < -0.3 is 4.42 Å². The monoisotopic (exact) mass is 435 g/mol. The minimum absolute atomic E-state index is 0.209. The number of rotatable bonds is 4. The van der Waals surface area contributed by atoms with Crippen LogP contribution in [0.4, 0.5) is 4.39 Å². The maximum atomic E-state index is 13.2. The lowest BCUT2D eigenvalue weighted by Gasteiger charge is -2.30. The summed E-state index contributed by atoms with van der Waals surface area (Å²) >= 11 is 6.11. The smallest absolute Gasteiger partial charge is 0.247 e. The normalized spacial score (nSPS) is 18.1. The predicted octanol–water partition coefficient (Wildman–Crippen LogP) is 4.41. The average Bonchev–Trinajstić information content (AvgIpc) is 3.21. The lowest BCUT2D eigenvalue weighted by atomic mass is 10.00. The molecular formula is C20H19ClFN3O3S. The molecule has 0 radical (unpaired) electrons. The zero-order valence-corrected chi connectivity index (χ0v) is 17.3. The van der Waals surface area contributed by atoms with Crippen LogP contribution in [0.2, 0.25) is 5.02 Å². The Morgan fingerprint density at radius 1 is 1.17 bits per heavy atom. The van der Waals surface area contributed by atoms with Crippen LogP contribution in [0.5, 0.6) is 0 Å². The highest BCUT2D eigenvalue weighted by Crippen LogP contribution is 2.33. The summed E-state index contributed by atoms with van der Waals surface area (Å²) in [6.45, 7) is 2.37. The van der Waals surface area contributed by atoms with Gasteiger partial charge in [0, 0.05) is 23.7 Å². The first kappa shape index (κ1) is 20.0. The first-order valence-corrected chi connectivity index (χ1v) is 11.0. The van der Waals surface area contributed by atoms with Gasteiger partial charge in [0.05, 0.1) is 10.8 Å². The summed E-state index contributed by atoms with van der Waals surface area (Å²) in [5.74, 6) is 0.107. The third-order valence-corrected chi connectivity index (χ3v) is 7.52. The Labute approximate surface area is 173 Å². The fourth-order valence-electron chi connectivity index (χ4n) is 3.48. The molecule has 9 heteroatoms. The summed E-state index contributed by atoms with van der Waals surface area (Å²) in [7, 11) is -3.69. The van der Waals surface area contributed by atoms with Gasteiger partial charge >= 0.3 is 0 Å². The molecule has 1 unspecified atom stereocenters. The maximum absolute atomic E-state index is 13.2. The summed E-state index contributed by atoms with van der Waals surface area (Å²) in [4.78, 5) is 0.211. The number of hydrogen-bond donors (Lipinski definition) is 0. The van der Waals surface area contributed by atoms with E-state index in [4.69, 9.17) is 16.0 Å². The van der Waals surface area contributed by atoms with Crippen LogP contribution in [0.25, 0.3) is 11.5 Å². The summed E-state index contributed by atoms with van der Waals surface area (Å²) in [5, 5.41) is 8.56. The van der Waals surface area contributed by atoms with E-state index >= 15 is 0 Å². The van der Waals surface area contributed by atoms with E-state index in [1.54, 1.807) is 37.3 Å². The fraction of sp³-hybridized carbons (Fsp3) is 0.300. The van der Waals surface area contributed by atoms with Gasteiger partial charge in [-0.25, -0.2) is 12.8 Å². The Kier molecular flexibility index (Phi) is 5.42. The van der Waals surface area contributed by atoms with Crippen molar-refractivity contribution in [3.05, 3.63) is 64.8 Å². The summed E-state index contributed by atoms with van der Waals surface area (Å²) in [6, 6.07) is 10.6. The minimum atomic E-state index is -3.69. The van der Waals surface area contributed by atoms with Crippen LogP contribution in [0.3, 0.4) is 0 Å². The van der Waals surface area contributed by atoms with E-state index in [1.807, 2.05) is 0 Å². The van der Waals surface area contributed by atoms with E-state index in [9.17, 15) is 12.8 Å². The molecule has 1 fully saturated rings. The van der Waals surface area contributed by atoms with Crippen molar-refractivity contribution in [2.45, 2.75) is 30.6 Å². The predicted molar refractivity (Wildman–Crippen MR) is 107 cm³/mol. The molecule has 0 spiro atoms. The molecule has 0 N–H and O–H groups in total. The van der Waals surface area contributed by atoms with Crippen molar-refractivity contribution in [2.24, 2.45) is 0 Å². The number of halogens is 2. The van der Waals surface area contributed by atoms with Crippen molar-refractivity contribution in [3.8, 4) is 11.5 Å². The molecule has 1 aliphatic heterocycles. The highest BCUT2D eigenvalue weighted by Gasteiger charge is 2.34. The number of hydrogen-bond acceptors (Lipinski definition) is 5.